The van der Waals surface area contributed by atoms with Crippen LogP contribution in [0.15, 0.2) is 24.3 Å². The molecule has 0 saturated heterocycles. The van der Waals surface area contributed by atoms with Crippen molar-refractivity contribution in [3.8, 4) is 12.1 Å². The zero-order chi connectivity index (χ0) is 12.5. The van der Waals surface area contributed by atoms with Gasteiger partial charge in [-0.1, -0.05) is 31.2 Å². The van der Waals surface area contributed by atoms with Gasteiger partial charge in [-0.2, -0.15) is 10.5 Å². The summed E-state index contributed by atoms with van der Waals surface area (Å²) in [6.07, 6.45) is 1.77. The van der Waals surface area contributed by atoms with E-state index in [-0.39, 0.29) is 17.3 Å². The zero-order valence-electron chi connectivity index (χ0n) is 10.3. The first-order valence-electron chi connectivity index (χ1n) is 6.02. The highest BCUT2D eigenvalue weighted by molar-refractivity contribution is 5.42. The maximum absolute atomic E-state index is 9.19. The van der Waals surface area contributed by atoms with Crippen molar-refractivity contribution in [2.45, 2.75) is 38.0 Å². The van der Waals surface area contributed by atoms with Crippen molar-refractivity contribution in [3.63, 3.8) is 0 Å². The fraction of sp³-hybridized carbons (Fsp3) is 0.467. The summed E-state index contributed by atoms with van der Waals surface area (Å²) in [4.78, 5) is 0. The van der Waals surface area contributed by atoms with Gasteiger partial charge in [0, 0.05) is 5.41 Å². The van der Waals surface area contributed by atoms with E-state index in [1.54, 1.807) is 0 Å². The SMILES string of the molecule is CC(C#N)C1(C)CCC(C#N)c2ccccc21. The molecule has 1 aromatic rings. The molecule has 1 aliphatic rings. The minimum atomic E-state index is -0.112. The molecule has 2 rings (SSSR count). The minimum Gasteiger partial charge on any atom is -0.198 e. The Bertz CT molecular complexity index is 506. The number of rotatable bonds is 1. The van der Waals surface area contributed by atoms with Gasteiger partial charge in [-0.3, -0.25) is 0 Å². The third kappa shape index (κ3) is 1.71. The molecule has 2 heteroatoms. The van der Waals surface area contributed by atoms with E-state index >= 15 is 0 Å². The molecular weight excluding hydrogens is 208 g/mol. The summed E-state index contributed by atoms with van der Waals surface area (Å²) >= 11 is 0. The van der Waals surface area contributed by atoms with Crippen LogP contribution in [0.1, 0.15) is 43.7 Å². The van der Waals surface area contributed by atoms with E-state index in [4.69, 9.17) is 0 Å². The van der Waals surface area contributed by atoms with E-state index in [0.29, 0.717) is 0 Å². The third-order valence-electron chi connectivity index (χ3n) is 4.21. The van der Waals surface area contributed by atoms with Crippen LogP contribution in [0.5, 0.6) is 0 Å². The number of fused-ring (bicyclic) bond motifs is 1. The maximum atomic E-state index is 9.19. The molecule has 0 amide bonds. The molecule has 0 aromatic heterocycles. The zero-order valence-corrected chi connectivity index (χ0v) is 10.3. The lowest BCUT2D eigenvalue weighted by Crippen LogP contribution is -2.34. The Kier molecular flexibility index (Phi) is 2.90. The van der Waals surface area contributed by atoms with Crippen molar-refractivity contribution in [3.05, 3.63) is 35.4 Å². The number of hydrogen-bond acceptors (Lipinski definition) is 2. The van der Waals surface area contributed by atoms with E-state index in [1.165, 1.54) is 5.56 Å². The Balaban J connectivity index is 2.57. The van der Waals surface area contributed by atoms with Crippen LogP contribution in [-0.4, -0.2) is 0 Å². The molecule has 86 valence electrons. The second-order valence-corrected chi connectivity index (χ2v) is 5.08. The molecule has 0 N–H and O–H groups in total. The monoisotopic (exact) mass is 224 g/mol. The van der Waals surface area contributed by atoms with Crippen LogP contribution >= 0.6 is 0 Å². The lowest BCUT2D eigenvalue weighted by atomic mass is 9.63. The van der Waals surface area contributed by atoms with E-state index in [0.717, 1.165) is 18.4 Å². The van der Waals surface area contributed by atoms with Crippen molar-refractivity contribution in [2.75, 3.05) is 0 Å². The quantitative estimate of drug-likeness (QED) is 0.733. The first-order valence-corrected chi connectivity index (χ1v) is 6.02. The number of benzene rings is 1. The summed E-state index contributed by atoms with van der Waals surface area (Å²) in [7, 11) is 0. The lowest BCUT2D eigenvalue weighted by Gasteiger charge is -2.39. The van der Waals surface area contributed by atoms with Crippen LogP contribution in [0, 0.1) is 28.6 Å². The first kappa shape index (κ1) is 11.7. The van der Waals surface area contributed by atoms with Crippen molar-refractivity contribution >= 4 is 0 Å². The van der Waals surface area contributed by atoms with Gasteiger partial charge in [0.05, 0.1) is 24.0 Å². The van der Waals surface area contributed by atoms with Gasteiger partial charge < -0.3 is 0 Å². The van der Waals surface area contributed by atoms with Gasteiger partial charge in [-0.15, -0.1) is 0 Å². The van der Waals surface area contributed by atoms with E-state index in [1.807, 2.05) is 25.1 Å². The predicted molar refractivity (Wildman–Crippen MR) is 66.2 cm³/mol. The van der Waals surface area contributed by atoms with Gasteiger partial charge in [0.1, 0.15) is 0 Å². The van der Waals surface area contributed by atoms with Crippen molar-refractivity contribution in [2.24, 2.45) is 5.92 Å². The van der Waals surface area contributed by atoms with Crippen molar-refractivity contribution < 1.29 is 0 Å². The smallest absolute Gasteiger partial charge is 0.0715 e. The predicted octanol–water partition coefficient (Wildman–Crippen LogP) is 3.50. The molecule has 0 spiro atoms. The van der Waals surface area contributed by atoms with Gasteiger partial charge in [0.2, 0.25) is 0 Å². The normalized spacial score (nSPS) is 28.6. The highest BCUT2D eigenvalue weighted by Gasteiger charge is 2.40. The molecule has 0 aliphatic heterocycles. The van der Waals surface area contributed by atoms with Crippen molar-refractivity contribution in [1.29, 1.82) is 10.5 Å². The topological polar surface area (TPSA) is 47.6 Å². The van der Waals surface area contributed by atoms with E-state index < -0.39 is 0 Å². The molecule has 0 bridgehead atoms. The summed E-state index contributed by atoms with van der Waals surface area (Å²) in [5.41, 5.74) is 2.19. The first-order chi connectivity index (χ1) is 8.13. The Morgan fingerprint density at radius 3 is 2.71 bits per heavy atom. The Labute approximate surface area is 102 Å². The van der Waals surface area contributed by atoms with Gasteiger partial charge in [0.25, 0.3) is 0 Å². The Hall–Kier alpha value is -1.80. The summed E-state index contributed by atoms with van der Waals surface area (Å²) in [5, 5.41) is 18.4. The molecule has 0 heterocycles. The number of hydrogen-bond donors (Lipinski definition) is 0. The summed E-state index contributed by atoms with van der Waals surface area (Å²) < 4.78 is 0. The molecule has 3 atom stereocenters. The third-order valence-corrected chi connectivity index (χ3v) is 4.21. The van der Waals surface area contributed by atoms with Crippen LogP contribution in [0.2, 0.25) is 0 Å². The fourth-order valence-corrected chi connectivity index (χ4v) is 2.78. The summed E-state index contributed by atoms with van der Waals surface area (Å²) in [6, 6.07) is 12.8. The molecule has 1 aliphatic carbocycles. The molecular formula is C15H16N2. The Morgan fingerprint density at radius 1 is 1.35 bits per heavy atom. The summed E-state index contributed by atoms with van der Waals surface area (Å²) in [5.74, 6) is -0.0338. The Morgan fingerprint density at radius 2 is 2.06 bits per heavy atom. The molecule has 0 radical (unpaired) electrons. The van der Waals surface area contributed by atoms with Gasteiger partial charge in [-0.05, 0) is 30.9 Å². The average Bonchev–Trinajstić information content (AvgIpc) is 2.38. The van der Waals surface area contributed by atoms with Crippen LogP contribution in [0.4, 0.5) is 0 Å². The molecule has 3 unspecified atom stereocenters. The van der Waals surface area contributed by atoms with Crippen LogP contribution < -0.4 is 0 Å². The minimum absolute atomic E-state index is 0.00910. The second kappa shape index (κ2) is 4.22. The van der Waals surface area contributed by atoms with Gasteiger partial charge in [-0.25, -0.2) is 0 Å². The van der Waals surface area contributed by atoms with Crippen molar-refractivity contribution in [1.82, 2.24) is 0 Å². The van der Waals surface area contributed by atoms with E-state index in [2.05, 4.69) is 25.1 Å². The average molecular weight is 224 g/mol. The van der Waals surface area contributed by atoms with Gasteiger partial charge in [0.15, 0.2) is 0 Å². The molecule has 0 saturated carbocycles. The number of nitriles is 2. The molecule has 17 heavy (non-hydrogen) atoms. The molecule has 0 fully saturated rings. The standard InChI is InChI=1S/C15H16N2/c1-11(9-16)15(2)8-7-12(10-17)13-5-3-4-6-14(13)15/h3-6,11-12H,7-8H2,1-2H3. The fourth-order valence-electron chi connectivity index (χ4n) is 2.78. The molecule has 2 nitrogen and oxygen atoms in total. The van der Waals surface area contributed by atoms with Gasteiger partial charge >= 0.3 is 0 Å². The maximum Gasteiger partial charge on any atom is 0.0715 e. The number of nitrogens with zero attached hydrogens (tertiary/aromatic N) is 2. The van der Waals surface area contributed by atoms with Crippen LogP contribution in [-0.2, 0) is 5.41 Å². The second-order valence-electron chi connectivity index (χ2n) is 5.08. The van der Waals surface area contributed by atoms with Crippen LogP contribution in [0.3, 0.4) is 0 Å². The lowest BCUT2D eigenvalue weighted by molar-refractivity contribution is 0.314. The summed E-state index contributed by atoms with van der Waals surface area (Å²) in [6.45, 7) is 4.12. The van der Waals surface area contributed by atoms with E-state index in [9.17, 15) is 10.5 Å². The highest BCUT2D eigenvalue weighted by Crippen LogP contribution is 2.46. The largest absolute Gasteiger partial charge is 0.198 e. The molecule has 1 aromatic carbocycles. The van der Waals surface area contributed by atoms with Crippen LogP contribution in [0.25, 0.3) is 0 Å². The highest BCUT2D eigenvalue weighted by atomic mass is 14.4.